The lowest BCUT2D eigenvalue weighted by Crippen LogP contribution is -2.20. The Morgan fingerprint density at radius 1 is 0.667 bits per heavy atom. The zero-order valence-electron chi connectivity index (χ0n) is 23.7. The Hall–Kier alpha value is -5.29. The van der Waals surface area contributed by atoms with E-state index in [1.165, 1.54) is 16.3 Å². The van der Waals surface area contributed by atoms with Gasteiger partial charge in [-0.3, -0.25) is 9.55 Å². The number of hydrogen-bond donors (Lipinski definition) is 0. The second kappa shape index (κ2) is 9.11. The van der Waals surface area contributed by atoms with E-state index >= 15 is 0 Å². The van der Waals surface area contributed by atoms with Crippen LogP contribution in [0.2, 0.25) is 0 Å². The van der Waals surface area contributed by atoms with Gasteiger partial charge in [-0.25, -0.2) is 9.97 Å². The summed E-state index contributed by atoms with van der Waals surface area (Å²) >= 11 is 0. The van der Waals surface area contributed by atoms with Crippen LogP contribution >= 0.6 is 0 Å². The molecule has 8 aromatic rings. The maximum absolute atomic E-state index is 6.30. The van der Waals surface area contributed by atoms with E-state index in [1.54, 1.807) is 0 Å². The van der Waals surface area contributed by atoms with Crippen molar-refractivity contribution in [2.45, 2.75) is 26.2 Å². The molecule has 0 aliphatic carbocycles. The second-order valence-electron chi connectivity index (χ2n) is 11.4. The van der Waals surface area contributed by atoms with E-state index in [0.717, 1.165) is 55.9 Å². The SMILES string of the molecule is Cc1ccc2c(n1)oc1c(-c3cccc(C(C)(C)c4ccc5c6ccccc6n(-c6ccccn6)c5c4)n3)cccc12. The van der Waals surface area contributed by atoms with Crippen molar-refractivity contribution < 1.29 is 4.42 Å². The van der Waals surface area contributed by atoms with E-state index in [1.807, 2.05) is 31.3 Å². The maximum atomic E-state index is 6.30. The van der Waals surface area contributed by atoms with Gasteiger partial charge in [0.05, 0.1) is 22.4 Å². The standard InChI is InChI=1S/C37H28N4O/c1-23-17-19-28-27-11-8-12-29(35(27)42-36(28)39-23)30-13-9-15-33(40-30)37(2,3)24-18-20-26-25-10-4-5-14-31(25)41(32(26)22-24)34-16-6-7-21-38-34/h4-22H,1-3H3. The van der Waals surface area contributed by atoms with Crippen molar-refractivity contribution in [1.29, 1.82) is 0 Å². The molecule has 8 rings (SSSR count). The normalized spacial score (nSPS) is 12.2. The highest BCUT2D eigenvalue weighted by Crippen LogP contribution is 2.39. The van der Waals surface area contributed by atoms with Crippen molar-refractivity contribution in [2.75, 3.05) is 0 Å². The van der Waals surface area contributed by atoms with E-state index in [4.69, 9.17) is 14.4 Å². The topological polar surface area (TPSA) is 56.7 Å². The summed E-state index contributed by atoms with van der Waals surface area (Å²) in [6.07, 6.45) is 1.85. The monoisotopic (exact) mass is 544 g/mol. The quantitative estimate of drug-likeness (QED) is 0.222. The minimum Gasteiger partial charge on any atom is -0.437 e. The Balaban J connectivity index is 1.28. The fourth-order valence-corrected chi connectivity index (χ4v) is 6.15. The molecule has 0 saturated carbocycles. The first-order chi connectivity index (χ1) is 20.5. The molecule has 0 atom stereocenters. The molecule has 0 aliphatic rings. The predicted molar refractivity (Wildman–Crippen MR) is 170 cm³/mol. The third-order valence-corrected chi connectivity index (χ3v) is 8.44. The number of fused-ring (bicyclic) bond motifs is 6. The molecule has 0 amide bonds. The number of hydrogen-bond acceptors (Lipinski definition) is 4. The number of nitrogens with zero attached hydrogens (tertiary/aromatic N) is 4. The average molecular weight is 545 g/mol. The van der Waals surface area contributed by atoms with Crippen LogP contribution < -0.4 is 0 Å². The second-order valence-corrected chi connectivity index (χ2v) is 11.4. The number of aryl methyl sites for hydroxylation is 1. The van der Waals surface area contributed by atoms with Crippen molar-refractivity contribution in [3.05, 3.63) is 132 Å². The average Bonchev–Trinajstić information content (AvgIpc) is 3.56. The zero-order chi connectivity index (χ0) is 28.4. The number of pyridine rings is 3. The first kappa shape index (κ1) is 24.5. The number of para-hydroxylation sites is 2. The minimum absolute atomic E-state index is 0.365. The van der Waals surface area contributed by atoms with Crippen LogP contribution in [-0.2, 0) is 5.41 Å². The summed E-state index contributed by atoms with van der Waals surface area (Å²) in [5, 5.41) is 4.49. The van der Waals surface area contributed by atoms with Crippen LogP contribution in [0.3, 0.4) is 0 Å². The minimum atomic E-state index is -0.365. The molecule has 5 aromatic heterocycles. The lowest BCUT2D eigenvalue weighted by atomic mass is 9.80. The molecule has 42 heavy (non-hydrogen) atoms. The van der Waals surface area contributed by atoms with Gasteiger partial charge in [-0.05, 0) is 67.1 Å². The lowest BCUT2D eigenvalue weighted by molar-refractivity contribution is 0.618. The van der Waals surface area contributed by atoms with Gasteiger partial charge in [-0.15, -0.1) is 0 Å². The Bertz CT molecular complexity index is 2290. The molecule has 202 valence electrons. The van der Waals surface area contributed by atoms with Gasteiger partial charge < -0.3 is 4.42 Å². The Kier molecular flexibility index (Phi) is 5.32. The molecule has 3 aromatic carbocycles. The van der Waals surface area contributed by atoms with Crippen LogP contribution in [0.15, 0.2) is 120 Å². The molecular formula is C37H28N4O. The van der Waals surface area contributed by atoms with Crippen LogP contribution in [0.25, 0.3) is 61.0 Å². The molecule has 0 bridgehead atoms. The molecule has 0 spiro atoms. The van der Waals surface area contributed by atoms with Crippen molar-refractivity contribution >= 4 is 43.9 Å². The third-order valence-electron chi connectivity index (χ3n) is 8.44. The van der Waals surface area contributed by atoms with Gasteiger partial charge in [0, 0.05) is 44.4 Å². The molecule has 0 N–H and O–H groups in total. The number of benzene rings is 3. The van der Waals surface area contributed by atoms with Gasteiger partial charge in [0.25, 0.3) is 0 Å². The summed E-state index contributed by atoms with van der Waals surface area (Å²) < 4.78 is 8.56. The Labute approximate surface area is 243 Å². The summed E-state index contributed by atoms with van der Waals surface area (Å²) in [6.45, 7) is 6.46. The first-order valence-electron chi connectivity index (χ1n) is 14.2. The molecule has 0 aliphatic heterocycles. The highest BCUT2D eigenvalue weighted by atomic mass is 16.3. The van der Waals surface area contributed by atoms with Crippen molar-refractivity contribution in [2.24, 2.45) is 0 Å². The molecular weight excluding hydrogens is 516 g/mol. The van der Waals surface area contributed by atoms with Gasteiger partial charge in [-0.1, -0.05) is 68.4 Å². The van der Waals surface area contributed by atoms with Crippen molar-refractivity contribution in [3.63, 3.8) is 0 Å². The highest BCUT2D eigenvalue weighted by Gasteiger charge is 2.27. The van der Waals surface area contributed by atoms with E-state index < -0.39 is 0 Å². The van der Waals surface area contributed by atoms with E-state index in [2.05, 4.69) is 114 Å². The fraction of sp³-hybridized carbons (Fsp3) is 0.108. The van der Waals surface area contributed by atoms with Gasteiger partial charge in [0.1, 0.15) is 11.4 Å². The summed E-state index contributed by atoms with van der Waals surface area (Å²) in [5.74, 6) is 0.905. The number of furan rings is 1. The van der Waals surface area contributed by atoms with Gasteiger partial charge in [0.2, 0.25) is 5.71 Å². The number of rotatable bonds is 4. The Morgan fingerprint density at radius 3 is 2.33 bits per heavy atom. The van der Waals surface area contributed by atoms with E-state index in [0.29, 0.717) is 5.71 Å². The maximum Gasteiger partial charge on any atom is 0.227 e. The molecule has 0 radical (unpaired) electrons. The first-order valence-corrected chi connectivity index (χ1v) is 14.2. The predicted octanol–water partition coefficient (Wildman–Crippen LogP) is 9.17. The Morgan fingerprint density at radius 2 is 1.45 bits per heavy atom. The van der Waals surface area contributed by atoms with Crippen LogP contribution in [-0.4, -0.2) is 19.5 Å². The van der Waals surface area contributed by atoms with Gasteiger partial charge in [0.15, 0.2) is 0 Å². The van der Waals surface area contributed by atoms with Crippen LogP contribution in [0, 0.1) is 6.92 Å². The smallest absolute Gasteiger partial charge is 0.227 e. The molecule has 5 nitrogen and oxygen atoms in total. The van der Waals surface area contributed by atoms with Gasteiger partial charge in [-0.2, -0.15) is 0 Å². The van der Waals surface area contributed by atoms with Crippen LogP contribution in [0.4, 0.5) is 0 Å². The third kappa shape index (κ3) is 3.67. The molecule has 5 heteroatoms. The molecule has 0 fully saturated rings. The van der Waals surface area contributed by atoms with Crippen LogP contribution in [0.1, 0.15) is 30.8 Å². The summed E-state index contributed by atoms with van der Waals surface area (Å²) in [4.78, 5) is 14.6. The molecule has 5 heterocycles. The largest absolute Gasteiger partial charge is 0.437 e. The summed E-state index contributed by atoms with van der Waals surface area (Å²) in [7, 11) is 0. The lowest BCUT2D eigenvalue weighted by Gasteiger charge is -2.26. The van der Waals surface area contributed by atoms with E-state index in [9.17, 15) is 0 Å². The summed E-state index contributed by atoms with van der Waals surface area (Å²) in [6, 6.07) is 37.9. The van der Waals surface area contributed by atoms with Crippen LogP contribution in [0.5, 0.6) is 0 Å². The van der Waals surface area contributed by atoms with E-state index in [-0.39, 0.29) is 5.41 Å². The fourth-order valence-electron chi connectivity index (χ4n) is 6.15. The zero-order valence-corrected chi connectivity index (χ0v) is 23.7. The number of aromatic nitrogens is 4. The van der Waals surface area contributed by atoms with Crippen molar-refractivity contribution in [3.8, 4) is 17.1 Å². The molecule has 0 unspecified atom stereocenters. The summed E-state index contributed by atoms with van der Waals surface area (Å²) in [5.41, 5.74) is 8.33. The van der Waals surface area contributed by atoms with Gasteiger partial charge >= 0.3 is 0 Å². The van der Waals surface area contributed by atoms with Crippen molar-refractivity contribution in [1.82, 2.24) is 19.5 Å². The highest BCUT2D eigenvalue weighted by molar-refractivity contribution is 6.10. The molecule has 0 saturated heterocycles.